The summed E-state index contributed by atoms with van der Waals surface area (Å²) in [6, 6.07) is 19.7. The Balaban J connectivity index is 0.000000322. The average Bonchev–Trinajstić information content (AvgIpc) is 2.62. The fourth-order valence-corrected chi connectivity index (χ4v) is 6.06. The first-order valence-corrected chi connectivity index (χ1v) is 11.0. The van der Waals surface area contributed by atoms with E-state index in [1.807, 2.05) is 60.7 Å². The zero-order chi connectivity index (χ0) is 16.6. The third-order valence-electron chi connectivity index (χ3n) is 2.43. The molecule has 2 aromatic rings. The predicted molar refractivity (Wildman–Crippen MR) is 107 cm³/mol. The second kappa shape index (κ2) is 13.9. The first-order valence-electron chi connectivity index (χ1n) is 7.04. The van der Waals surface area contributed by atoms with Gasteiger partial charge in [-0.3, -0.25) is 0 Å². The largest absolute Gasteiger partial charge is 0.449 e. The Bertz CT molecular complexity index is 598. The third-order valence-corrected chi connectivity index (χ3v) is 5.65. The van der Waals surface area contributed by atoms with Gasteiger partial charge in [-0.1, -0.05) is 48.2 Å². The van der Waals surface area contributed by atoms with Gasteiger partial charge < -0.3 is 12.3 Å². The molecule has 0 aliphatic rings. The molecule has 0 aliphatic carbocycles. The van der Waals surface area contributed by atoms with Crippen LogP contribution in [0, 0.1) is 23.7 Å². The molecular weight excluding hydrogens is 353 g/mol. The van der Waals surface area contributed by atoms with Crippen LogP contribution in [0.15, 0.2) is 60.7 Å². The van der Waals surface area contributed by atoms with Crippen molar-refractivity contribution in [2.45, 2.75) is 0 Å². The molecule has 0 aromatic heterocycles. The van der Waals surface area contributed by atoms with Gasteiger partial charge in [0.25, 0.3) is 20.0 Å². The van der Waals surface area contributed by atoms with Crippen LogP contribution in [0.3, 0.4) is 0 Å². The minimum absolute atomic E-state index is 0.569. The first-order chi connectivity index (χ1) is 11.4. The normalized spacial score (nSPS) is 9.91. The van der Waals surface area contributed by atoms with E-state index in [0.717, 1.165) is 32.1 Å². The molecule has 0 radical (unpaired) electrons. The van der Waals surface area contributed by atoms with Crippen LogP contribution < -0.4 is 0 Å². The van der Waals surface area contributed by atoms with E-state index < -0.39 is 20.0 Å². The van der Waals surface area contributed by atoms with Crippen LogP contribution in [-0.4, -0.2) is 41.0 Å². The van der Waals surface area contributed by atoms with Crippen molar-refractivity contribution >= 4 is 41.0 Å². The van der Waals surface area contributed by atoms with E-state index in [4.69, 9.17) is 12.3 Å². The number of hydrogen-bond acceptors (Lipinski definition) is 3. The van der Waals surface area contributed by atoms with Crippen LogP contribution in [0.2, 0.25) is 0 Å². The minimum Gasteiger partial charge on any atom is -0.449 e. The van der Waals surface area contributed by atoms with Crippen molar-refractivity contribution in [3.63, 3.8) is 0 Å². The molecule has 0 spiro atoms. The van der Waals surface area contributed by atoms with Crippen molar-refractivity contribution in [3.8, 4) is 23.7 Å². The van der Waals surface area contributed by atoms with Gasteiger partial charge in [-0.25, -0.2) is 0 Å². The van der Waals surface area contributed by atoms with E-state index >= 15 is 0 Å². The Morgan fingerprint density at radius 3 is 1.39 bits per heavy atom. The van der Waals surface area contributed by atoms with E-state index in [2.05, 4.69) is 23.7 Å². The van der Waals surface area contributed by atoms with Crippen LogP contribution >= 0.6 is 0 Å². The van der Waals surface area contributed by atoms with Crippen molar-refractivity contribution in [2.24, 2.45) is 0 Å². The molecule has 0 bridgehead atoms. The molecule has 0 atom stereocenters. The topological polar surface area (TPSA) is 27.7 Å². The standard InChI is InChI=1S/C16H10.H10O3Si4/c1-3-9-15(10-4-1)13-7-8-14-16-11-5-2-6-12-16;4-1-6-3-7-2-5/h1-6,9-12H;6-7H2,4-5H3. The van der Waals surface area contributed by atoms with Gasteiger partial charge in [0, 0.05) is 11.1 Å². The van der Waals surface area contributed by atoms with Gasteiger partial charge in [-0.05, 0) is 36.1 Å². The lowest BCUT2D eigenvalue weighted by Crippen LogP contribution is -2.08. The molecule has 2 rings (SSSR count). The lowest BCUT2D eigenvalue weighted by molar-refractivity contribution is 0.443. The smallest absolute Gasteiger partial charge is 0.284 e. The maximum Gasteiger partial charge on any atom is 0.284 e. The molecule has 0 saturated carbocycles. The van der Waals surface area contributed by atoms with Crippen molar-refractivity contribution in [1.82, 2.24) is 0 Å². The van der Waals surface area contributed by atoms with Gasteiger partial charge in [0.15, 0.2) is 0 Å². The van der Waals surface area contributed by atoms with E-state index in [1.165, 1.54) is 0 Å². The molecule has 0 fully saturated rings. The molecule has 2 aromatic carbocycles. The molecule has 3 nitrogen and oxygen atoms in total. The van der Waals surface area contributed by atoms with Crippen LogP contribution in [0.1, 0.15) is 11.1 Å². The molecule has 7 heteroatoms. The lowest BCUT2D eigenvalue weighted by Gasteiger charge is -1.97. The highest BCUT2D eigenvalue weighted by molar-refractivity contribution is 6.40. The maximum atomic E-state index is 5.03. The van der Waals surface area contributed by atoms with Crippen LogP contribution in [0.5, 0.6) is 0 Å². The van der Waals surface area contributed by atoms with Gasteiger partial charge >= 0.3 is 0 Å². The molecule has 0 amide bonds. The number of hydrogen-bond donors (Lipinski definition) is 0. The zero-order valence-electron chi connectivity index (χ0n) is 13.4. The summed E-state index contributed by atoms with van der Waals surface area (Å²) in [4.78, 5) is 0. The Hall–Kier alpha value is -1.69. The molecule has 0 unspecified atom stereocenters. The quantitative estimate of drug-likeness (QED) is 0.379. The highest BCUT2D eigenvalue weighted by Crippen LogP contribution is 1.95. The van der Waals surface area contributed by atoms with Gasteiger partial charge in [-0.2, -0.15) is 0 Å². The number of benzene rings is 2. The second-order valence-electron chi connectivity index (χ2n) is 4.25. The van der Waals surface area contributed by atoms with Crippen molar-refractivity contribution in [2.75, 3.05) is 0 Å². The summed E-state index contributed by atoms with van der Waals surface area (Å²) in [6.07, 6.45) is 0. The Morgan fingerprint density at radius 2 is 1.04 bits per heavy atom. The highest BCUT2D eigenvalue weighted by atomic mass is 28.4. The maximum absolute atomic E-state index is 5.03. The Morgan fingerprint density at radius 1 is 0.652 bits per heavy atom. The Kier molecular flexibility index (Phi) is 11.7. The van der Waals surface area contributed by atoms with Crippen molar-refractivity contribution in [1.29, 1.82) is 0 Å². The van der Waals surface area contributed by atoms with Gasteiger partial charge in [0.2, 0.25) is 0 Å². The van der Waals surface area contributed by atoms with E-state index in [-0.39, 0.29) is 0 Å². The minimum atomic E-state index is -0.569. The molecule has 0 heterocycles. The molecule has 118 valence electrons. The molecule has 0 aliphatic heterocycles. The van der Waals surface area contributed by atoms with E-state index in [0.29, 0.717) is 0 Å². The predicted octanol–water partition coefficient (Wildman–Crippen LogP) is -1.32. The molecular formula is C16H20O3Si4. The van der Waals surface area contributed by atoms with Gasteiger partial charge in [-0.15, -0.1) is 0 Å². The second-order valence-corrected chi connectivity index (χ2v) is 11.0. The SMILES string of the molecule is C(C#Cc1ccccc1)#Cc1ccccc1.[SiH3]O[SiH2]O[SiH2]O[SiH3]. The summed E-state index contributed by atoms with van der Waals surface area (Å²) in [5.74, 6) is 11.7. The summed E-state index contributed by atoms with van der Waals surface area (Å²) in [5, 5.41) is 0. The Labute approximate surface area is 149 Å². The summed E-state index contributed by atoms with van der Waals surface area (Å²) < 4.78 is 14.8. The fourth-order valence-electron chi connectivity index (χ4n) is 1.45. The average molecular weight is 373 g/mol. The van der Waals surface area contributed by atoms with Crippen molar-refractivity contribution < 1.29 is 12.3 Å². The lowest BCUT2D eigenvalue weighted by atomic mass is 10.2. The van der Waals surface area contributed by atoms with Crippen LogP contribution in [0.4, 0.5) is 0 Å². The zero-order valence-corrected chi connectivity index (χ0v) is 20.2. The van der Waals surface area contributed by atoms with E-state index in [9.17, 15) is 0 Å². The number of rotatable bonds is 4. The van der Waals surface area contributed by atoms with E-state index in [1.54, 1.807) is 0 Å². The van der Waals surface area contributed by atoms with Crippen molar-refractivity contribution in [3.05, 3.63) is 71.8 Å². The van der Waals surface area contributed by atoms with Gasteiger partial charge in [0.05, 0.1) is 0 Å². The molecule has 0 N–H and O–H groups in total. The van der Waals surface area contributed by atoms with Gasteiger partial charge in [0.1, 0.15) is 21.0 Å². The van der Waals surface area contributed by atoms with Crippen LogP contribution in [-0.2, 0) is 12.3 Å². The molecule has 23 heavy (non-hydrogen) atoms. The molecule has 0 saturated heterocycles. The summed E-state index contributed by atoms with van der Waals surface area (Å²) in [7, 11) is 0.504. The first kappa shape index (κ1) is 19.4. The monoisotopic (exact) mass is 372 g/mol. The highest BCUT2D eigenvalue weighted by Gasteiger charge is 1.81. The fraction of sp³-hybridized carbons (Fsp3) is 0. The third kappa shape index (κ3) is 10.6. The van der Waals surface area contributed by atoms with Crippen LogP contribution in [0.25, 0.3) is 0 Å². The summed E-state index contributed by atoms with van der Waals surface area (Å²) in [6.45, 7) is 0. The summed E-state index contributed by atoms with van der Waals surface area (Å²) in [5.41, 5.74) is 1.98. The summed E-state index contributed by atoms with van der Waals surface area (Å²) >= 11 is 0.